The number of fused-ring (bicyclic) bond motifs is 1. The van der Waals surface area contributed by atoms with Crippen molar-refractivity contribution in [2.24, 2.45) is 10.7 Å². The van der Waals surface area contributed by atoms with Crippen LogP contribution in [0, 0.1) is 0 Å². The van der Waals surface area contributed by atoms with Crippen molar-refractivity contribution in [2.45, 2.75) is 12.8 Å². The zero-order valence-electron chi connectivity index (χ0n) is 12.0. The number of hydrogen-bond donors (Lipinski definition) is 2. The Morgan fingerprint density at radius 2 is 2.29 bits per heavy atom. The third kappa shape index (κ3) is 5.46. The summed E-state index contributed by atoms with van der Waals surface area (Å²) in [6.45, 7) is 1.94. The molecule has 2 heterocycles. The molecule has 116 valence electrons. The molecule has 2 rings (SSSR count). The fourth-order valence-electron chi connectivity index (χ4n) is 1.84. The highest BCUT2D eigenvalue weighted by Crippen LogP contribution is 2.04. The van der Waals surface area contributed by atoms with Crippen LogP contribution in [-0.2, 0) is 11.2 Å². The molecule has 2 aromatic rings. The average molecular weight is 404 g/mol. The number of aryl methyl sites for hydroxylation is 1. The van der Waals surface area contributed by atoms with E-state index >= 15 is 0 Å². The van der Waals surface area contributed by atoms with E-state index in [0.29, 0.717) is 25.7 Å². The summed E-state index contributed by atoms with van der Waals surface area (Å²) in [7, 11) is 1.65. The molecule has 3 N–H and O–H groups in total. The van der Waals surface area contributed by atoms with Gasteiger partial charge in [-0.2, -0.15) is 0 Å². The van der Waals surface area contributed by atoms with Crippen LogP contribution in [0.3, 0.4) is 0 Å². The number of hydrogen-bond acceptors (Lipinski definition) is 4. The Morgan fingerprint density at radius 1 is 1.43 bits per heavy atom. The van der Waals surface area contributed by atoms with Crippen LogP contribution in [0.1, 0.15) is 12.2 Å². The van der Waals surface area contributed by atoms with Crippen molar-refractivity contribution in [1.29, 1.82) is 0 Å². The van der Waals surface area contributed by atoms with Gasteiger partial charge in [-0.15, -0.1) is 34.2 Å². The maximum Gasteiger partial charge on any atom is 0.188 e. The average Bonchev–Trinajstić information content (AvgIpc) is 2.87. The minimum Gasteiger partial charge on any atom is -0.383 e. The maximum atomic E-state index is 5.71. The second-order valence-electron chi connectivity index (χ2n) is 4.34. The summed E-state index contributed by atoms with van der Waals surface area (Å²) in [5, 5.41) is 11.3. The van der Waals surface area contributed by atoms with Crippen molar-refractivity contribution in [2.75, 3.05) is 26.8 Å². The summed E-state index contributed by atoms with van der Waals surface area (Å²) < 4.78 is 6.91. The molecule has 0 saturated heterocycles. The molecule has 0 atom stereocenters. The van der Waals surface area contributed by atoms with Crippen LogP contribution in [0.25, 0.3) is 5.65 Å². The fraction of sp³-hybridized carbons (Fsp3) is 0.462. The van der Waals surface area contributed by atoms with E-state index in [0.717, 1.165) is 24.3 Å². The van der Waals surface area contributed by atoms with Crippen LogP contribution >= 0.6 is 24.0 Å². The van der Waals surface area contributed by atoms with E-state index in [1.807, 2.05) is 28.8 Å². The van der Waals surface area contributed by atoms with E-state index in [-0.39, 0.29) is 24.0 Å². The number of methoxy groups -OCH3 is 1. The van der Waals surface area contributed by atoms with Crippen LogP contribution in [-0.4, -0.2) is 47.4 Å². The van der Waals surface area contributed by atoms with Gasteiger partial charge in [0.25, 0.3) is 0 Å². The first-order valence-electron chi connectivity index (χ1n) is 6.62. The Balaban J connectivity index is 0.00000220. The molecule has 0 bridgehead atoms. The molecule has 0 aromatic carbocycles. The number of halogens is 1. The quantitative estimate of drug-likeness (QED) is 0.309. The van der Waals surface area contributed by atoms with Crippen LogP contribution < -0.4 is 11.1 Å². The van der Waals surface area contributed by atoms with Gasteiger partial charge in [-0.05, 0) is 18.6 Å². The Bertz CT molecular complexity index is 571. The van der Waals surface area contributed by atoms with Crippen LogP contribution in [0.2, 0.25) is 0 Å². The first-order chi connectivity index (χ1) is 9.81. The molecule has 21 heavy (non-hydrogen) atoms. The van der Waals surface area contributed by atoms with Gasteiger partial charge in [-0.3, -0.25) is 9.39 Å². The lowest BCUT2D eigenvalue weighted by Gasteiger charge is -2.04. The van der Waals surface area contributed by atoms with Crippen molar-refractivity contribution >= 4 is 35.6 Å². The lowest BCUT2D eigenvalue weighted by molar-refractivity contribution is 0.204. The number of rotatable bonds is 7. The van der Waals surface area contributed by atoms with Gasteiger partial charge in [-0.25, -0.2) is 0 Å². The molecule has 0 aliphatic carbocycles. The predicted molar refractivity (Wildman–Crippen MR) is 93.1 cm³/mol. The van der Waals surface area contributed by atoms with Gasteiger partial charge in [0.05, 0.1) is 6.61 Å². The summed E-state index contributed by atoms with van der Waals surface area (Å²) in [6, 6.07) is 5.85. The molecule has 8 heteroatoms. The summed E-state index contributed by atoms with van der Waals surface area (Å²) >= 11 is 0. The standard InChI is InChI=1S/C13H20N6O.HI/c1-20-10-8-16-13(14)15-7-4-6-12-18-17-11-5-2-3-9-19(11)12;/h2-3,5,9H,4,6-8,10H2,1H3,(H3,14,15,16);1H. The van der Waals surface area contributed by atoms with E-state index in [4.69, 9.17) is 10.5 Å². The predicted octanol–water partition coefficient (Wildman–Crippen LogP) is 0.831. The van der Waals surface area contributed by atoms with Crippen molar-refractivity contribution < 1.29 is 4.74 Å². The minimum absolute atomic E-state index is 0. The summed E-state index contributed by atoms with van der Waals surface area (Å²) in [5.74, 6) is 1.40. The van der Waals surface area contributed by atoms with E-state index in [1.54, 1.807) is 7.11 Å². The van der Waals surface area contributed by atoms with Gasteiger partial charge >= 0.3 is 0 Å². The second kappa shape index (κ2) is 9.50. The third-order valence-corrected chi connectivity index (χ3v) is 2.84. The molecular formula is C13H21IN6O. The SMILES string of the molecule is COCCNC(N)=NCCCc1nnc2ccccn12.I. The van der Waals surface area contributed by atoms with E-state index < -0.39 is 0 Å². The molecular weight excluding hydrogens is 383 g/mol. The minimum atomic E-state index is 0. The Labute approximate surface area is 141 Å². The Hall–Kier alpha value is -1.42. The van der Waals surface area contributed by atoms with Gasteiger partial charge in [0.15, 0.2) is 11.6 Å². The van der Waals surface area contributed by atoms with Crippen LogP contribution in [0.15, 0.2) is 29.4 Å². The van der Waals surface area contributed by atoms with Crippen LogP contribution in [0.4, 0.5) is 0 Å². The first kappa shape index (κ1) is 17.6. The van der Waals surface area contributed by atoms with Gasteiger partial charge < -0.3 is 15.8 Å². The highest BCUT2D eigenvalue weighted by Gasteiger charge is 2.03. The zero-order valence-corrected chi connectivity index (χ0v) is 14.4. The zero-order chi connectivity index (χ0) is 14.2. The number of guanidine groups is 1. The van der Waals surface area contributed by atoms with Crippen molar-refractivity contribution in [3.63, 3.8) is 0 Å². The molecule has 0 radical (unpaired) electrons. The fourth-order valence-corrected chi connectivity index (χ4v) is 1.84. The molecule has 0 spiro atoms. The molecule has 0 fully saturated rings. The van der Waals surface area contributed by atoms with Crippen molar-refractivity contribution in [3.05, 3.63) is 30.2 Å². The molecule has 2 aromatic heterocycles. The second-order valence-corrected chi connectivity index (χ2v) is 4.34. The van der Waals surface area contributed by atoms with E-state index in [2.05, 4.69) is 20.5 Å². The smallest absolute Gasteiger partial charge is 0.188 e. The summed E-state index contributed by atoms with van der Waals surface area (Å²) in [5.41, 5.74) is 6.58. The highest BCUT2D eigenvalue weighted by molar-refractivity contribution is 14.0. The molecule has 0 aliphatic rings. The lowest BCUT2D eigenvalue weighted by Crippen LogP contribution is -2.34. The van der Waals surface area contributed by atoms with Gasteiger partial charge in [0.1, 0.15) is 5.82 Å². The summed E-state index contributed by atoms with van der Waals surface area (Å²) in [6.07, 6.45) is 3.66. The third-order valence-electron chi connectivity index (χ3n) is 2.84. The molecule has 0 aliphatic heterocycles. The normalized spacial score (nSPS) is 11.4. The van der Waals surface area contributed by atoms with E-state index in [1.165, 1.54) is 0 Å². The highest BCUT2D eigenvalue weighted by atomic mass is 127. The number of ether oxygens (including phenoxy) is 1. The largest absolute Gasteiger partial charge is 0.383 e. The van der Waals surface area contributed by atoms with E-state index in [9.17, 15) is 0 Å². The topological polar surface area (TPSA) is 89.8 Å². The number of aromatic nitrogens is 3. The number of aliphatic imine (C=N–C) groups is 1. The molecule has 0 saturated carbocycles. The Kier molecular flexibility index (Phi) is 7.98. The number of nitrogens with zero attached hydrogens (tertiary/aromatic N) is 4. The molecule has 7 nitrogen and oxygen atoms in total. The number of pyridine rings is 1. The number of nitrogens with two attached hydrogens (primary N) is 1. The van der Waals surface area contributed by atoms with Gasteiger partial charge in [0, 0.05) is 32.8 Å². The van der Waals surface area contributed by atoms with Crippen LogP contribution in [0.5, 0.6) is 0 Å². The van der Waals surface area contributed by atoms with Crippen molar-refractivity contribution in [3.8, 4) is 0 Å². The molecule has 0 unspecified atom stereocenters. The maximum absolute atomic E-state index is 5.71. The molecule has 0 amide bonds. The summed E-state index contributed by atoms with van der Waals surface area (Å²) in [4.78, 5) is 4.25. The Morgan fingerprint density at radius 3 is 3.10 bits per heavy atom. The lowest BCUT2D eigenvalue weighted by atomic mass is 10.3. The van der Waals surface area contributed by atoms with Gasteiger partial charge in [-0.1, -0.05) is 6.07 Å². The number of nitrogens with one attached hydrogen (secondary N) is 1. The monoisotopic (exact) mass is 404 g/mol. The van der Waals surface area contributed by atoms with Crippen molar-refractivity contribution in [1.82, 2.24) is 19.9 Å². The first-order valence-corrected chi connectivity index (χ1v) is 6.62. The van der Waals surface area contributed by atoms with Gasteiger partial charge in [0.2, 0.25) is 0 Å².